The molecule has 3 atom stereocenters. The first-order valence-corrected chi connectivity index (χ1v) is 7.72. The lowest BCUT2D eigenvalue weighted by Gasteiger charge is -2.20. The minimum atomic E-state index is -1.16. The molecule has 0 bridgehead atoms. The maximum atomic E-state index is 12.1. The van der Waals surface area contributed by atoms with Crippen LogP contribution in [0.1, 0.15) is 12.5 Å². The number of aliphatic carboxylic acids is 1. The number of nitrogens with two attached hydrogens (primary N) is 1. The van der Waals surface area contributed by atoms with E-state index in [0.717, 1.165) is 5.56 Å². The van der Waals surface area contributed by atoms with Gasteiger partial charge in [0.15, 0.2) is 0 Å². The Morgan fingerprint density at radius 1 is 1.17 bits per heavy atom. The molecular formula is C15H21N3O4S. The van der Waals surface area contributed by atoms with Gasteiger partial charge in [-0.25, -0.2) is 0 Å². The third kappa shape index (κ3) is 6.29. The van der Waals surface area contributed by atoms with Crippen molar-refractivity contribution in [2.24, 2.45) is 5.73 Å². The number of hydrogen-bond donors (Lipinski definition) is 5. The largest absolute Gasteiger partial charge is 0.480 e. The minimum Gasteiger partial charge on any atom is -0.480 e. The topological polar surface area (TPSA) is 122 Å². The van der Waals surface area contributed by atoms with E-state index >= 15 is 0 Å². The molecule has 1 aromatic rings. The number of carboxylic acid groups (broad SMARTS) is 1. The molecule has 0 heterocycles. The summed E-state index contributed by atoms with van der Waals surface area (Å²) >= 11 is 4.01. The monoisotopic (exact) mass is 339 g/mol. The van der Waals surface area contributed by atoms with Gasteiger partial charge in [-0.3, -0.25) is 14.4 Å². The summed E-state index contributed by atoms with van der Waals surface area (Å²) in [7, 11) is 0. The van der Waals surface area contributed by atoms with Crippen molar-refractivity contribution < 1.29 is 19.5 Å². The van der Waals surface area contributed by atoms with Crippen LogP contribution >= 0.6 is 12.6 Å². The van der Waals surface area contributed by atoms with Crippen LogP contribution in [0.4, 0.5) is 0 Å². The van der Waals surface area contributed by atoms with Crippen LogP contribution in [0.3, 0.4) is 0 Å². The first-order chi connectivity index (χ1) is 10.8. The van der Waals surface area contributed by atoms with Crippen LogP contribution in [0.5, 0.6) is 0 Å². The van der Waals surface area contributed by atoms with Gasteiger partial charge < -0.3 is 21.5 Å². The Morgan fingerprint density at radius 3 is 2.30 bits per heavy atom. The molecule has 5 N–H and O–H groups in total. The second-order valence-corrected chi connectivity index (χ2v) is 5.47. The van der Waals surface area contributed by atoms with Crippen LogP contribution in [0.2, 0.25) is 0 Å². The fourth-order valence-electron chi connectivity index (χ4n) is 1.81. The third-order valence-corrected chi connectivity index (χ3v) is 3.55. The van der Waals surface area contributed by atoms with Crippen molar-refractivity contribution in [1.29, 1.82) is 0 Å². The van der Waals surface area contributed by atoms with Crippen molar-refractivity contribution in [1.82, 2.24) is 10.6 Å². The predicted octanol–water partition coefficient (Wildman–Crippen LogP) is -0.440. The van der Waals surface area contributed by atoms with Gasteiger partial charge in [-0.05, 0) is 18.9 Å². The van der Waals surface area contributed by atoms with Gasteiger partial charge in [0.25, 0.3) is 0 Å². The van der Waals surface area contributed by atoms with Gasteiger partial charge in [0.2, 0.25) is 11.8 Å². The highest BCUT2D eigenvalue weighted by Crippen LogP contribution is 2.02. The molecule has 0 spiro atoms. The minimum absolute atomic E-state index is 0.0297. The normalized spacial score (nSPS) is 14.4. The molecule has 23 heavy (non-hydrogen) atoms. The standard InChI is InChI=1S/C15H21N3O4S/c1-9(15(21)22)17-14(20)12(8-23)18-13(19)11(16)7-10-5-3-2-4-6-10/h2-6,9,11-12,23H,7-8,16H2,1H3,(H,17,20)(H,18,19)(H,21,22). The number of rotatable bonds is 8. The number of benzene rings is 1. The maximum Gasteiger partial charge on any atom is 0.325 e. The van der Waals surface area contributed by atoms with E-state index in [0.29, 0.717) is 6.42 Å². The van der Waals surface area contributed by atoms with Gasteiger partial charge in [-0.15, -0.1) is 0 Å². The number of nitrogens with one attached hydrogen (secondary N) is 2. The van der Waals surface area contributed by atoms with E-state index in [1.807, 2.05) is 30.3 Å². The summed E-state index contributed by atoms with van der Waals surface area (Å²) in [6.45, 7) is 1.33. The zero-order valence-corrected chi connectivity index (χ0v) is 13.6. The van der Waals surface area contributed by atoms with Gasteiger partial charge in [0.1, 0.15) is 12.1 Å². The van der Waals surface area contributed by atoms with Crippen molar-refractivity contribution >= 4 is 30.4 Å². The zero-order valence-electron chi connectivity index (χ0n) is 12.7. The Labute approximate surface area is 140 Å². The molecule has 8 heteroatoms. The predicted molar refractivity (Wildman–Crippen MR) is 89.1 cm³/mol. The molecule has 1 aromatic carbocycles. The molecule has 126 valence electrons. The lowest BCUT2D eigenvalue weighted by atomic mass is 10.1. The Balaban J connectivity index is 2.58. The SMILES string of the molecule is CC(NC(=O)C(CS)NC(=O)C(N)Cc1ccccc1)C(=O)O. The Kier molecular flexibility index (Phi) is 7.56. The number of carbonyl (C=O) groups is 3. The molecule has 3 unspecified atom stereocenters. The van der Waals surface area contributed by atoms with Crippen molar-refractivity contribution in [2.75, 3.05) is 5.75 Å². The maximum absolute atomic E-state index is 12.1. The summed E-state index contributed by atoms with van der Waals surface area (Å²) in [4.78, 5) is 34.7. The van der Waals surface area contributed by atoms with Crippen LogP contribution in [0.25, 0.3) is 0 Å². The molecule has 0 aliphatic heterocycles. The molecule has 7 nitrogen and oxygen atoms in total. The summed E-state index contributed by atoms with van der Waals surface area (Å²) in [6, 6.07) is 6.43. The summed E-state index contributed by atoms with van der Waals surface area (Å²) in [6.07, 6.45) is 0.332. The second-order valence-electron chi connectivity index (χ2n) is 5.11. The highest BCUT2D eigenvalue weighted by molar-refractivity contribution is 7.80. The molecule has 0 aromatic heterocycles. The lowest BCUT2D eigenvalue weighted by molar-refractivity contribution is -0.141. The Morgan fingerprint density at radius 2 is 1.78 bits per heavy atom. The van der Waals surface area contributed by atoms with E-state index in [-0.39, 0.29) is 5.75 Å². The number of hydrogen-bond acceptors (Lipinski definition) is 5. The van der Waals surface area contributed by atoms with E-state index in [1.54, 1.807) is 0 Å². The summed E-state index contributed by atoms with van der Waals surface area (Å²) in [5, 5.41) is 13.5. The average molecular weight is 339 g/mol. The molecule has 0 radical (unpaired) electrons. The van der Waals surface area contributed by atoms with E-state index < -0.39 is 35.9 Å². The van der Waals surface area contributed by atoms with Crippen LogP contribution in [0, 0.1) is 0 Å². The molecule has 0 aliphatic rings. The molecule has 2 amide bonds. The highest BCUT2D eigenvalue weighted by Gasteiger charge is 2.25. The number of carbonyl (C=O) groups excluding carboxylic acids is 2. The van der Waals surface area contributed by atoms with Crippen molar-refractivity contribution in [2.45, 2.75) is 31.5 Å². The first kappa shape index (κ1) is 19.0. The van der Waals surface area contributed by atoms with Crippen molar-refractivity contribution in [3.05, 3.63) is 35.9 Å². The van der Waals surface area contributed by atoms with Crippen molar-refractivity contribution in [3.8, 4) is 0 Å². The van der Waals surface area contributed by atoms with Gasteiger partial charge in [-0.2, -0.15) is 12.6 Å². The fraction of sp³-hybridized carbons (Fsp3) is 0.400. The smallest absolute Gasteiger partial charge is 0.325 e. The average Bonchev–Trinajstić information content (AvgIpc) is 2.52. The fourth-order valence-corrected chi connectivity index (χ4v) is 2.07. The first-order valence-electron chi connectivity index (χ1n) is 7.09. The van der Waals surface area contributed by atoms with Crippen molar-refractivity contribution in [3.63, 3.8) is 0 Å². The molecule has 0 fully saturated rings. The Bertz CT molecular complexity index is 553. The second kappa shape index (κ2) is 9.16. The van der Waals surface area contributed by atoms with Gasteiger partial charge in [0.05, 0.1) is 6.04 Å². The van der Waals surface area contributed by atoms with E-state index in [9.17, 15) is 14.4 Å². The number of thiol groups is 1. The number of carboxylic acids is 1. The van der Waals surface area contributed by atoms with E-state index in [2.05, 4.69) is 23.3 Å². The van der Waals surface area contributed by atoms with Crippen LogP contribution in [-0.4, -0.2) is 46.8 Å². The van der Waals surface area contributed by atoms with Crippen LogP contribution in [-0.2, 0) is 20.8 Å². The molecule has 0 saturated carbocycles. The zero-order chi connectivity index (χ0) is 17.4. The van der Waals surface area contributed by atoms with E-state index in [1.165, 1.54) is 6.92 Å². The van der Waals surface area contributed by atoms with E-state index in [4.69, 9.17) is 10.8 Å². The molecule has 0 aliphatic carbocycles. The summed E-state index contributed by atoms with van der Waals surface area (Å²) in [5.74, 6) is -2.24. The quantitative estimate of drug-likeness (QED) is 0.411. The lowest BCUT2D eigenvalue weighted by Crippen LogP contribution is -2.55. The molecule has 0 saturated heterocycles. The van der Waals surface area contributed by atoms with Gasteiger partial charge >= 0.3 is 5.97 Å². The van der Waals surface area contributed by atoms with Gasteiger partial charge in [0, 0.05) is 5.75 Å². The van der Waals surface area contributed by atoms with Gasteiger partial charge in [-0.1, -0.05) is 30.3 Å². The third-order valence-electron chi connectivity index (χ3n) is 3.18. The highest BCUT2D eigenvalue weighted by atomic mass is 32.1. The Hall–Kier alpha value is -2.06. The van der Waals surface area contributed by atoms with Crippen LogP contribution in [0.15, 0.2) is 30.3 Å². The summed E-state index contributed by atoms with van der Waals surface area (Å²) < 4.78 is 0. The molecular weight excluding hydrogens is 318 g/mol. The van der Waals surface area contributed by atoms with Crippen LogP contribution < -0.4 is 16.4 Å². The molecule has 1 rings (SSSR count). The number of amides is 2. The summed E-state index contributed by atoms with van der Waals surface area (Å²) in [5.41, 5.74) is 6.74.